The van der Waals surface area contributed by atoms with Crippen molar-refractivity contribution in [1.29, 1.82) is 0 Å². The maximum absolute atomic E-state index is 12.4. The molecule has 0 atom stereocenters. The highest BCUT2D eigenvalue weighted by Crippen LogP contribution is 2.22. The van der Waals surface area contributed by atoms with Gasteiger partial charge in [0.1, 0.15) is 0 Å². The first-order valence-corrected chi connectivity index (χ1v) is 10.6. The quantitative estimate of drug-likeness (QED) is 0.417. The normalized spacial score (nSPS) is 10.7. The summed E-state index contributed by atoms with van der Waals surface area (Å²) in [6.07, 6.45) is 0. The zero-order chi connectivity index (χ0) is 20.8. The topological polar surface area (TPSA) is 68.0 Å². The van der Waals surface area contributed by atoms with Gasteiger partial charge >= 0.3 is 0 Å². The fourth-order valence-corrected chi connectivity index (χ4v) is 3.72. The van der Waals surface area contributed by atoms with Crippen molar-refractivity contribution >= 4 is 17.7 Å². The number of carbonyl (C=O) groups excluding carboxylic acids is 1. The number of nitrogens with one attached hydrogen (secondary N) is 1. The summed E-state index contributed by atoms with van der Waals surface area (Å²) in [5.41, 5.74) is 3.81. The summed E-state index contributed by atoms with van der Waals surface area (Å²) < 4.78 is 5.25. The number of hydrogen-bond donors (Lipinski definition) is 1. The number of thioether (sulfide) groups is 1. The molecule has 0 saturated heterocycles. The molecule has 0 spiro atoms. The molecule has 0 aliphatic rings. The molecule has 0 aliphatic heterocycles. The van der Waals surface area contributed by atoms with E-state index in [0.717, 1.165) is 11.3 Å². The summed E-state index contributed by atoms with van der Waals surface area (Å²) in [7, 11) is 0. The second-order valence-electron chi connectivity index (χ2n) is 6.86. The van der Waals surface area contributed by atoms with Crippen molar-refractivity contribution in [1.82, 2.24) is 15.5 Å². The molecule has 0 bridgehead atoms. The van der Waals surface area contributed by atoms with E-state index in [1.54, 1.807) is 11.8 Å². The Morgan fingerprint density at radius 2 is 1.70 bits per heavy atom. The third-order valence-electron chi connectivity index (χ3n) is 4.54. The number of hydrogen-bond acceptors (Lipinski definition) is 5. The largest absolute Gasteiger partial charge is 0.343 e. The molecule has 1 amide bonds. The monoisotopic (exact) mass is 415 g/mol. The lowest BCUT2D eigenvalue weighted by atomic mass is 10.1. The van der Waals surface area contributed by atoms with Gasteiger partial charge in [-0.15, -0.1) is 11.8 Å². The second kappa shape index (κ2) is 9.41. The Morgan fingerprint density at radius 1 is 0.967 bits per heavy atom. The number of rotatable bonds is 7. The van der Waals surface area contributed by atoms with Crippen LogP contribution in [0.2, 0.25) is 0 Å². The van der Waals surface area contributed by atoms with Crippen LogP contribution in [0.4, 0.5) is 0 Å². The van der Waals surface area contributed by atoms with Gasteiger partial charge in [0.25, 0.3) is 5.91 Å². The summed E-state index contributed by atoms with van der Waals surface area (Å²) in [6.45, 7) is 2.21. The molecule has 0 fully saturated rings. The fraction of sp³-hybridized carbons (Fsp3) is 0.125. The zero-order valence-electron chi connectivity index (χ0n) is 16.5. The van der Waals surface area contributed by atoms with Crippen LogP contribution in [0.5, 0.6) is 0 Å². The summed E-state index contributed by atoms with van der Waals surface area (Å²) in [4.78, 5) is 18.0. The van der Waals surface area contributed by atoms with Gasteiger partial charge in [0, 0.05) is 21.8 Å². The molecule has 3 aromatic carbocycles. The highest BCUT2D eigenvalue weighted by Gasteiger charge is 2.11. The van der Waals surface area contributed by atoms with E-state index in [9.17, 15) is 4.79 Å². The lowest BCUT2D eigenvalue weighted by Crippen LogP contribution is -2.22. The Kier molecular flexibility index (Phi) is 6.25. The van der Waals surface area contributed by atoms with E-state index in [2.05, 4.69) is 27.6 Å². The van der Waals surface area contributed by atoms with E-state index >= 15 is 0 Å². The predicted octanol–water partition coefficient (Wildman–Crippen LogP) is 5.27. The number of nitrogens with zero attached hydrogens (tertiary/aromatic N) is 2. The Hall–Kier alpha value is -3.38. The number of aromatic nitrogens is 2. The summed E-state index contributed by atoms with van der Waals surface area (Å²) in [6, 6.07) is 25.8. The van der Waals surface area contributed by atoms with Gasteiger partial charge in [-0.05, 0) is 36.8 Å². The van der Waals surface area contributed by atoms with E-state index in [4.69, 9.17) is 4.52 Å². The maximum atomic E-state index is 12.4. The lowest BCUT2D eigenvalue weighted by molar-refractivity contribution is 0.0946. The van der Waals surface area contributed by atoms with Crippen LogP contribution in [0, 0.1) is 6.92 Å². The Bertz CT molecular complexity index is 1110. The van der Waals surface area contributed by atoms with Crippen molar-refractivity contribution in [2.24, 2.45) is 0 Å². The first-order chi connectivity index (χ1) is 14.7. The standard InChI is InChI=1S/C24H21N3O2S/c1-17-7-11-19(12-8-17)23-26-22(29-27-23)15-25-24(28)20-13-9-18(10-14-20)16-30-21-5-3-2-4-6-21/h2-14H,15-16H2,1H3,(H,25,28). The first-order valence-electron chi connectivity index (χ1n) is 9.62. The maximum Gasteiger partial charge on any atom is 0.251 e. The van der Waals surface area contributed by atoms with Gasteiger partial charge in [0.05, 0.1) is 6.54 Å². The fourth-order valence-electron chi connectivity index (χ4n) is 2.84. The Balaban J connectivity index is 1.30. The van der Waals surface area contributed by atoms with Crippen LogP contribution in [0.3, 0.4) is 0 Å². The van der Waals surface area contributed by atoms with Crippen LogP contribution in [-0.4, -0.2) is 16.0 Å². The highest BCUT2D eigenvalue weighted by molar-refractivity contribution is 7.98. The molecule has 1 N–H and O–H groups in total. The molecular weight excluding hydrogens is 394 g/mol. The van der Waals surface area contributed by atoms with Gasteiger partial charge in [-0.25, -0.2) is 0 Å². The van der Waals surface area contributed by atoms with Crippen LogP contribution in [-0.2, 0) is 12.3 Å². The van der Waals surface area contributed by atoms with E-state index in [1.807, 2.05) is 73.7 Å². The van der Waals surface area contributed by atoms with E-state index < -0.39 is 0 Å². The van der Waals surface area contributed by atoms with Gasteiger partial charge in [-0.3, -0.25) is 4.79 Å². The van der Waals surface area contributed by atoms with Crippen molar-refractivity contribution in [3.05, 3.63) is 101 Å². The Labute approximate surface area is 179 Å². The molecule has 0 aliphatic carbocycles. The number of amides is 1. The van der Waals surface area contributed by atoms with Gasteiger partial charge in [-0.1, -0.05) is 65.3 Å². The van der Waals surface area contributed by atoms with Crippen molar-refractivity contribution in [2.75, 3.05) is 0 Å². The van der Waals surface area contributed by atoms with Crippen molar-refractivity contribution in [2.45, 2.75) is 24.1 Å². The number of benzene rings is 3. The Morgan fingerprint density at radius 3 is 2.43 bits per heavy atom. The minimum absolute atomic E-state index is 0.174. The first kappa shape index (κ1) is 19.9. The second-order valence-corrected chi connectivity index (χ2v) is 7.91. The molecule has 0 saturated carbocycles. The van der Waals surface area contributed by atoms with Gasteiger partial charge in [0.2, 0.25) is 11.7 Å². The van der Waals surface area contributed by atoms with Gasteiger partial charge in [0.15, 0.2) is 0 Å². The van der Waals surface area contributed by atoms with Gasteiger partial charge < -0.3 is 9.84 Å². The smallest absolute Gasteiger partial charge is 0.251 e. The third kappa shape index (κ3) is 5.15. The zero-order valence-corrected chi connectivity index (χ0v) is 17.4. The summed E-state index contributed by atoms with van der Waals surface area (Å²) in [5, 5.41) is 6.81. The van der Waals surface area contributed by atoms with Crippen LogP contribution in [0.1, 0.15) is 27.4 Å². The average molecular weight is 416 g/mol. The van der Waals surface area contributed by atoms with Crippen LogP contribution in [0.15, 0.2) is 88.3 Å². The lowest BCUT2D eigenvalue weighted by Gasteiger charge is -2.05. The molecule has 1 heterocycles. The molecule has 5 nitrogen and oxygen atoms in total. The van der Waals surface area contributed by atoms with E-state index in [0.29, 0.717) is 17.3 Å². The van der Waals surface area contributed by atoms with E-state index in [-0.39, 0.29) is 12.5 Å². The summed E-state index contributed by atoms with van der Waals surface area (Å²) in [5.74, 6) is 1.57. The van der Waals surface area contributed by atoms with Crippen molar-refractivity contribution in [3.8, 4) is 11.4 Å². The molecule has 4 rings (SSSR count). The predicted molar refractivity (Wildman–Crippen MR) is 118 cm³/mol. The highest BCUT2D eigenvalue weighted by atomic mass is 32.2. The molecule has 0 unspecified atom stereocenters. The van der Waals surface area contributed by atoms with Gasteiger partial charge in [-0.2, -0.15) is 4.98 Å². The van der Waals surface area contributed by atoms with Crippen LogP contribution in [0.25, 0.3) is 11.4 Å². The molecule has 150 valence electrons. The molecule has 6 heteroatoms. The summed E-state index contributed by atoms with van der Waals surface area (Å²) >= 11 is 1.77. The minimum Gasteiger partial charge on any atom is -0.343 e. The third-order valence-corrected chi connectivity index (χ3v) is 5.63. The molecule has 1 aromatic heterocycles. The van der Waals surface area contributed by atoms with Crippen molar-refractivity contribution < 1.29 is 9.32 Å². The molecule has 4 aromatic rings. The van der Waals surface area contributed by atoms with Crippen molar-refractivity contribution in [3.63, 3.8) is 0 Å². The average Bonchev–Trinajstić information content (AvgIpc) is 3.27. The number of carbonyl (C=O) groups is 1. The van der Waals surface area contributed by atoms with Crippen LogP contribution < -0.4 is 5.32 Å². The van der Waals surface area contributed by atoms with E-state index in [1.165, 1.54) is 16.0 Å². The SMILES string of the molecule is Cc1ccc(-c2noc(CNC(=O)c3ccc(CSc4ccccc4)cc3)n2)cc1. The minimum atomic E-state index is -0.174. The molecular formula is C24H21N3O2S. The molecule has 30 heavy (non-hydrogen) atoms. The molecule has 0 radical (unpaired) electrons. The van der Waals surface area contributed by atoms with Crippen LogP contribution >= 0.6 is 11.8 Å². The number of aryl methyl sites for hydroxylation is 1.